The molecule has 60 valence electrons. The molecule has 0 fully saturated rings. The Kier molecular flexibility index (Phi) is 2.34. The highest BCUT2D eigenvalue weighted by Gasteiger charge is 2.14. The molecule has 1 aromatic rings. The van der Waals surface area contributed by atoms with Crippen molar-refractivity contribution in [1.29, 1.82) is 0 Å². The number of hydrogen-bond donors (Lipinski definition) is 1. The molecule has 0 aromatic heterocycles. The van der Waals surface area contributed by atoms with Gasteiger partial charge < -0.3 is 5.11 Å². The second-order valence-corrected chi connectivity index (χ2v) is 3.05. The van der Waals surface area contributed by atoms with E-state index in [1.54, 1.807) is 0 Å². The maximum atomic E-state index is 12.5. The first-order valence-electron chi connectivity index (χ1n) is 2.56. The molecule has 1 N–H and O–H groups in total. The van der Waals surface area contributed by atoms with E-state index in [-0.39, 0.29) is 4.47 Å². The third-order valence-corrected chi connectivity index (χ3v) is 2.04. The number of benzene rings is 1. The molecule has 0 spiro atoms. The minimum absolute atomic E-state index is 0.0291. The summed E-state index contributed by atoms with van der Waals surface area (Å²) in [6.07, 6.45) is 0. The van der Waals surface area contributed by atoms with E-state index in [2.05, 4.69) is 15.9 Å². The van der Waals surface area contributed by atoms with Crippen LogP contribution in [0.3, 0.4) is 0 Å². The molecule has 5 heteroatoms. The summed E-state index contributed by atoms with van der Waals surface area (Å²) in [6, 6.07) is 0.802. The van der Waals surface area contributed by atoms with Crippen molar-refractivity contribution in [1.82, 2.24) is 0 Å². The van der Waals surface area contributed by atoms with Crippen LogP contribution in [0.25, 0.3) is 0 Å². The van der Waals surface area contributed by atoms with Gasteiger partial charge in [-0.2, -0.15) is 0 Å². The summed E-state index contributed by atoms with van der Waals surface area (Å²) in [5.41, 5.74) is 0. The lowest BCUT2D eigenvalue weighted by molar-refractivity contribution is 0.452. The van der Waals surface area contributed by atoms with Crippen LogP contribution in [0.15, 0.2) is 10.5 Å². The average Bonchev–Trinajstić information content (AvgIpc) is 1.97. The SMILES string of the molecule is Oc1c(Br)cc(F)c(F)c1Cl. The van der Waals surface area contributed by atoms with E-state index in [1.165, 1.54) is 0 Å². The van der Waals surface area contributed by atoms with Gasteiger partial charge >= 0.3 is 0 Å². The summed E-state index contributed by atoms with van der Waals surface area (Å²) in [5, 5.41) is 8.31. The minimum Gasteiger partial charge on any atom is -0.505 e. The highest BCUT2D eigenvalue weighted by Crippen LogP contribution is 2.34. The normalized spacial score (nSPS) is 10.2. The molecule has 0 aliphatic heterocycles. The summed E-state index contributed by atoms with van der Waals surface area (Å²) in [7, 11) is 0. The smallest absolute Gasteiger partial charge is 0.181 e. The molecule has 1 aromatic carbocycles. The molecule has 0 bridgehead atoms. The number of rotatable bonds is 0. The predicted octanol–water partition coefficient (Wildman–Crippen LogP) is 3.09. The third-order valence-electron chi connectivity index (χ3n) is 1.09. The zero-order valence-corrected chi connectivity index (χ0v) is 7.38. The Labute approximate surface area is 74.7 Å². The predicted molar refractivity (Wildman–Crippen MR) is 40.7 cm³/mol. The molecule has 0 unspecified atom stereocenters. The van der Waals surface area contributed by atoms with Crippen molar-refractivity contribution in [3.05, 3.63) is 27.2 Å². The molecule has 0 heterocycles. The van der Waals surface area contributed by atoms with E-state index in [1.807, 2.05) is 0 Å². The van der Waals surface area contributed by atoms with Crippen LogP contribution in [0.1, 0.15) is 0 Å². The molecule has 0 aliphatic rings. The second-order valence-electron chi connectivity index (χ2n) is 1.82. The maximum Gasteiger partial charge on any atom is 0.181 e. The average molecular weight is 243 g/mol. The van der Waals surface area contributed by atoms with Gasteiger partial charge in [0.25, 0.3) is 0 Å². The van der Waals surface area contributed by atoms with E-state index in [9.17, 15) is 8.78 Å². The fraction of sp³-hybridized carbons (Fsp3) is 0. The van der Waals surface area contributed by atoms with E-state index >= 15 is 0 Å². The lowest BCUT2D eigenvalue weighted by Crippen LogP contribution is -1.85. The minimum atomic E-state index is -1.24. The first-order valence-corrected chi connectivity index (χ1v) is 3.73. The highest BCUT2D eigenvalue weighted by atomic mass is 79.9. The van der Waals surface area contributed by atoms with Crippen LogP contribution in [-0.4, -0.2) is 5.11 Å². The van der Waals surface area contributed by atoms with E-state index in [4.69, 9.17) is 16.7 Å². The summed E-state index contributed by atoms with van der Waals surface area (Å²) in [5.74, 6) is -2.84. The Bertz CT molecular complexity index is 277. The van der Waals surface area contributed by atoms with E-state index < -0.39 is 22.4 Å². The van der Waals surface area contributed by atoms with Gasteiger partial charge in [-0.1, -0.05) is 11.6 Å². The number of phenolic OH excluding ortho intramolecular Hbond substituents is 1. The Hall–Kier alpha value is -0.350. The first-order chi connectivity index (χ1) is 5.04. The van der Waals surface area contributed by atoms with Crippen molar-refractivity contribution in [2.45, 2.75) is 0 Å². The number of aromatic hydroxyl groups is 1. The molecule has 11 heavy (non-hydrogen) atoms. The number of phenols is 1. The number of halogens is 4. The van der Waals surface area contributed by atoms with Crippen molar-refractivity contribution in [2.24, 2.45) is 0 Å². The standard InChI is InChI=1S/C6H2BrClF2O/c7-2-1-3(9)5(10)4(8)6(2)11/h1,11H. The van der Waals surface area contributed by atoms with Crippen LogP contribution in [0.4, 0.5) is 8.78 Å². The molecule has 0 radical (unpaired) electrons. The molecular weight excluding hydrogens is 241 g/mol. The molecule has 1 rings (SSSR count). The van der Waals surface area contributed by atoms with Crippen molar-refractivity contribution in [3.8, 4) is 5.75 Å². The van der Waals surface area contributed by atoms with E-state index in [0.29, 0.717) is 0 Å². The van der Waals surface area contributed by atoms with Gasteiger partial charge in [-0.3, -0.25) is 0 Å². The quantitative estimate of drug-likeness (QED) is 0.548. The molecule has 1 nitrogen and oxygen atoms in total. The Morgan fingerprint density at radius 1 is 1.45 bits per heavy atom. The largest absolute Gasteiger partial charge is 0.505 e. The van der Waals surface area contributed by atoms with Crippen LogP contribution in [0.2, 0.25) is 5.02 Å². The van der Waals surface area contributed by atoms with Crippen LogP contribution >= 0.6 is 27.5 Å². The zero-order chi connectivity index (χ0) is 8.59. The summed E-state index contributed by atoms with van der Waals surface area (Å²) in [6.45, 7) is 0. The summed E-state index contributed by atoms with van der Waals surface area (Å²) in [4.78, 5) is 0. The van der Waals surface area contributed by atoms with Gasteiger partial charge in [-0.15, -0.1) is 0 Å². The van der Waals surface area contributed by atoms with Gasteiger partial charge in [-0.05, 0) is 22.0 Å². The van der Waals surface area contributed by atoms with Crippen molar-refractivity contribution < 1.29 is 13.9 Å². The maximum absolute atomic E-state index is 12.5. The Balaban J connectivity index is 3.46. The summed E-state index contributed by atoms with van der Waals surface area (Å²) < 4.78 is 24.9. The third kappa shape index (κ3) is 1.46. The number of hydrogen-bond acceptors (Lipinski definition) is 1. The lowest BCUT2D eigenvalue weighted by Gasteiger charge is -2.00. The zero-order valence-electron chi connectivity index (χ0n) is 5.04. The molecular formula is C6H2BrClF2O. The molecule has 0 aliphatic carbocycles. The van der Waals surface area contributed by atoms with Crippen LogP contribution < -0.4 is 0 Å². The van der Waals surface area contributed by atoms with Crippen molar-refractivity contribution in [3.63, 3.8) is 0 Å². The Morgan fingerprint density at radius 3 is 2.55 bits per heavy atom. The van der Waals surface area contributed by atoms with Gasteiger partial charge in [0.05, 0.1) is 4.47 Å². The van der Waals surface area contributed by atoms with Gasteiger partial charge in [0.2, 0.25) is 0 Å². The molecule has 0 saturated heterocycles. The van der Waals surface area contributed by atoms with Crippen LogP contribution in [-0.2, 0) is 0 Å². The van der Waals surface area contributed by atoms with Gasteiger partial charge in [0.1, 0.15) is 5.02 Å². The first kappa shape index (κ1) is 8.74. The lowest BCUT2D eigenvalue weighted by atomic mass is 10.3. The monoisotopic (exact) mass is 242 g/mol. The highest BCUT2D eigenvalue weighted by molar-refractivity contribution is 9.10. The van der Waals surface area contributed by atoms with Gasteiger partial charge in [-0.25, -0.2) is 8.78 Å². The fourth-order valence-corrected chi connectivity index (χ4v) is 1.26. The molecule has 0 atom stereocenters. The van der Waals surface area contributed by atoms with Crippen LogP contribution in [0.5, 0.6) is 5.75 Å². The van der Waals surface area contributed by atoms with Crippen LogP contribution in [0, 0.1) is 11.6 Å². The van der Waals surface area contributed by atoms with Gasteiger partial charge in [0, 0.05) is 0 Å². The van der Waals surface area contributed by atoms with Crippen molar-refractivity contribution >= 4 is 27.5 Å². The molecule has 0 amide bonds. The molecule has 0 saturated carbocycles. The van der Waals surface area contributed by atoms with Crippen molar-refractivity contribution in [2.75, 3.05) is 0 Å². The second kappa shape index (κ2) is 2.95. The van der Waals surface area contributed by atoms with Gasteiger partial charge in [0.15, 0.2) is 17.4 Å². The fourth-order valence-electron chi connectivity index (χ4n) is 0.557. The van der Waals surface area contributed by atoms with E-state index in [0.717, 1.165) is 6.07 Å². The Morgan fingerprint density at radius 2 is 2.00 bits per heavy atom. The summed E-state index contributed by atoms with van der Waals surface area (Å²) >= 11 is 7.98. The topological polar surface area (TPSA) is 20.2 Å².